The number of thioether (sulfide) groups is 1. The van der Waals surface area contributed by atoms with Gasteiger partial charge in [0.25, 0.3) is 0 Å². The first kappa shape index (κ1) is 16.8. The van der Waals surface area contributed by atoms with E-state index in [-0.39, 0.29) is 12.0 Å². The Morgan fingerprint density at radius 2 is 2.33 bits per heavy atom. The summed E-state index contributed by atoms with van der Waals surface area (Å²) in [4.78, 5) is 17.1. The molecule has 0 spiro atoms. The van der Waals surface area contributed by atoms with Crippen molar-refractivity contribution < 1.29 is 9.53 Å². The highest BCUT2D eigenvalue weighted by atomic mass is 32.2. The second-order valence-corrected chi connectivity index (χ2v) is 7.89. The van der Waals surface area contributed by atoms with E-state index in [0.29, 0.717) is 18.3 Å². The summed E-state index contributed by atoms with van der Waals surface area (Å²) in [5.41, 5.74) is 0.460. The average Bonchev–Trinajstić information content (AvgIpc) is 3.18. The first-order chi connectivity index (χ1) is 9.98. The molecule has 1 aromatic rings. The van der Waals surface area contributed by atoms with Crippen LogP contribution in [0.5, 0.6) is 0 Å². The molecule has 0 radical (unpaired) electrons. The molecule has 1 aliphatic rings. The number of rotatable bonds is 8. The number of thiazole rings is 1. The van der Waals surface area contributed by atoms with Crippen LogP contribution in [0.3, 0.4) is 0 Å². The summed E-state index contributed by atoms with van der Waals surface area (Å²) in [5.74, 6) is 0.955. The van der Waals surface area contributed by atoms with Crippen LogP contribution in [0, 0.1) is 12.8 Å². The lowest BCUT2D eigenvalue weighted by molar-refractivity contribution is -0.151. The van der Waals surface area contributed by atoms with E-state index in [2.05, 4.69) is 24.1 Å². The Bertz CT molecular complexity index is 486. The molecule has 1 fully saturated rings. The van der Waals surface area contributed by atoms with Crippen molar-refractivity contribution in [1.82, 2.24) is 10.3 Å². The Kier molecular flexibility index (Phi) is 5.68. The molecule has 1 saturated carbocycles. The minimum atomic E-state index is -0.575. The largest absolute Gasteiger partial charge is 0.465 e. The molecule has 1 atom stereocenters. The molecule has 1 heterocycles. The Labute approximate surface area is 135 Å². The van der Waals surface area contributed by atoms with Gasteiger partial charge in [0.05, 0.1) is 6.61 Å². The fourth-order valence-electron chi connectivity index (χ4n) is 2.49. The summed E-state index contributed by atoms with van der Waals surface area (Å²) in [6.07, 6.45) is 2.19. The van der Waals surface area contributed by atoms with Gasteiger partial charge in [-0.3, -0.25) is 10.1 Å². The third-order valence-corrected chi connectivity index (χ3v) is 5.81. The predicted octanol–water partition coefficient (Wildman–Crippen LogP) is 3.25. The Morgan fingerprint density at radius 1 is 1.62 bits per heavy atom. The fourth-order valence-corrected chi connectivity index (χ4v) is 4.60. The molecule has 21 heavy (non-hydrogen) atoms. The van der Waals surface area contributed by atoms with Crippen molar-refractivity contribution in [2.24, 2.45) is 5.92 Å². The van der Waals surface area contributed by atoms with E-state index in [9.17, 15) is 4.79 Å². The van der Waals surface area contributed by atoms with Gasteiger partial charge in [0.1, 0.15) is 9.88 Å². The maximum Gasteiger partial charge on any atom is 0.327 e. The van der Waals surface area contributed by atoms with Crippen molar-refractivity contribution in [2.75, 3.05) is 12.4 Å². The normalized spacial score (nSPS) is 17.8. The number of carbonyl (C=O) groups excluding carboxylic acids is 1. The Hall–Kier alpha value is -0.590. The molecular formula is C15H24N2O2S2. The van der Waals surface area contributed by atoms with Crippen molar-refractivity contribution in [3.63, 3.8) is 0 Å². The number of nitrogens with one attached hydrogen (secondary N) is 1. The summed E-state index contributed by atoms with van der Waals surface area (Å²) in [7, 11) is 0. The summed E-state index contributed by atoms with van der Waals surface area (Å²) in [6.45, 7) is 8.44. The summed E-state index contributed by atoms with van der Waals surface area (Å²) in [6, 6.07) is 0.244. The molecule has 2 rings (SSSR count). The predicted molar refractivity (Wildman–Crippen MR) is 87.9 cm³/mol. The maximum absolute atomic E-state index is 12.6. The molecule has 118 valence electrons. The fraction of sp³-hybridized carbons (Fsp3) is 0.733. The van der Waals surface area contributed by atoms with E-state index in [1.807, 2.05) is 19.2 Å². The van der Waals surface area contributed by atoms with Crippen LogP contribution in [0.4, 0.5) is 0 Å². The molecule has 6 heteroatoms. The monoisotopic (exact) mass is 328 g/mol. The number of ether oxygens (including phenoxy) is 1. The lowest BCUT2D eigenvalue weighted by Gasteiger charge is -2.34. The molecule has 0 saturated heterocycles. The number of hydrogen-bond donors (Lipinski definition) is 1. The number of carbonyl (C=O) groups is 1. The van der Waals surface area contributed by atoms with Crippen molar-refractivity contribution in [2.45, 2.75) is 56.5 Å². The molecule has 0 aromatic carbocycles. The second kappa shape index (κ2) is 7.11. The molecule has 1 aromatic heterocycles. The number of aromatic nitrogens is 1. The summed E-state index contributed by atoms with van der Waals surface area (Å²) in [5, 5.41) is 5.54. The molecular weight excluding hydrogens is 304 g/mol. The number of hydrogen-bond acceptors (Lipinski definition) is 6. The Balaban J connectivity index is 2.14. The van der Waals surface area contributed by atoms with Gasteiger partial charge in [0.2, 0.25) is 0 Å². The van der Waals surface area contributed by atoms with Gasteiger partial charge in [-0.25, -0.2) is 4.98 Å². The third-order valence-electron chi connectivity index (χ3n) is 3.48. The van der Waals surface area contributed by atoms with Crippen LogP contribution < -0.4 is 5.32 Å². The topological polar surface area (TPSA) is 51.2 Å². The van der Waals surface area contributed by atoms with Crippen LogP contribution in [-0.4, -0.2) is 34.9 Å². The van der Waals surface area contributed by atoms with Crippen LogP contribution in [0.15, 0.2) is 9.72 Å². The van der Waals surface area contributed by atoms with Gasteiger partial charge < -0.3 is 4.74 Å². The van der Waals surface area contributed by atoms with Crippen molar-refractivity contribution in [3.8, 4) is 0 Å². The third kappa shape index (κ3) is 4.20. The molecule has 4 nitrogen and oxygen atoms in total. The molecule has 1 aliphatic carbocycles. The van der Waals surface area contributed by atoms with Crippen LogP contribution in [0.2, 0.25) is 0 Å². The quantitative estimate of drug-likeness (QED) is 0.586. The lowest BCUT2D eigenvalue weighted by Crippen LogP contribution is -2.59. The van der Waals surface area contributed by atoms with Gasteiger partial charge in [-0.15, -0.1) is 11.3 Å². The van der Waals surface area contributed by atoms with Gasteiger partial charge >= 0.3 is 5.97 Å². The smallest absolute Gasteiger partial charge is 0.327 e. The van der Waals surface area contributed by atoms with Crippen molar-refractivity contribution >= 4 is 29.1 Å². The van der Waals surface area contributed by atoms with Crippen LogP contribution >= 0.6 is 23.1 Å². The standard InChI is InChI=1S/C15H24N2O2S2/c1-5-19-13(18)15(12-6-7-12,17-10(2)3)9-21-14-16-11(4)8-20-14/h8,10,12,17H,5-7,9H2,1-4H3. The number of aryl methyl sites for hydroxylation is 1. The zero-order chi connectivity index (χ0) is 15.5. The highest BCUT2D eigenvalue weighted by molar-refractivity contribution is 8.01. The SMILES string of the molecule is CCOC(=O)C(CSc1nc(C)cs1)(NC(C)C)C1CC1. The van der Waals surface area contributed by atoms with E-state index < -0.39 is 5.54 Å². The van der Waals surface area contributed by atoms with E-state index in [1.165, 1.54) is 0 Å². The van der Waals surface area contributed by atoms with Crippen molar-refractivity contribution in [1.29, 1.82) is 0 Å². The summed E-state index contributed by atoms with van der Waals surface area (Å²) < 4.78 is 6.39. The van der Waals surface area contributed by atoms with Crippen LogP contribution in [-0.2, 0) is 9.53 Å². The van der Waals surface area contributed by atoms with E-state index in [0.717, 1.165) is 22.9 Å². The molecule has 0 bridgehead atoms. The van der Waals surface area contributed by atoms with E-state index in [1.54, 1.807) is 23.1 Å². The number of esters is 1. The minimum absolute atomic E-state index is 0.109. The van der Waals surface area contributed by atoms with Crippen LogP contribution in [0.25, 0.3) is 0 Å². The molecule has 1 N–H and O–H groups in total. The van der Waals surface area contributed by atoms with Crippen LogP contribution in [0.1, 0.15) is 39.3 Å². The second-order valence-electron chi connectivity index (χ2n) is 5.81. The lowest BCUT2D eigenvalue weighted by atomic mass is 9.94. The highest BCUT2D eigenvalue weighted by Crippen LogP contribution is 2.43. The van der Waals surface area contributed by atoms with Gasteiger partial charge in [0.15, 0.2) is 0 Å². The molecule has 0 aliphatic heterocycles. The van der Waals surface area contributed by atoms with Gasteiger partial charge in [0, 0.05) is 22.9 Å². The maximum atomic E-state index is 12.6. The molecule has 1 unspecified atom stereocenters. The van der Waals surface area contributed by atoms with Gasteiger partial charge in [-0.05, 0) is 46.5 Å². The van der Waals surface area contributed by atoms with Crippen molar-refractivity contribution in [3.05, 3.63) is 11.1 Å². The first-order valence-electron chi connectivity index (χ1n) is 7.47. The zero-order valence-corrected chi connectivity index (χ0v) is 14.8. The van der Waals surface area contributed by atoms with Gasteiger partial charge in [-0.2, -0.15) is 0 Å². The Morgan fingerprint density at radius 3 is 2.81 bits per heavy atom. The first-order valence-corrected chi connectivity index (χ1v) is 9.34. The van der Waals surface area contributed by atoms with E-state index >= 15 is 0 Å². The highest BCUT2D eigenvalue weighted by Gasteiger charge is 2.52. The minimum Gasteiger partial charge on any atom is -0.465 e. The van der Waals surface area contributed by atoms with Gasteiger partial charge in [-0.1, -0.05) is 11.8 Å². The number of nitrogens with zero attached hydrogens (tertiary/aromatic N) is 1. The summed E-state index contributed by atoms with van der Waals surface area (Å²) >= 11 is 3.30. The zero-order valence-electron chi connectivity index (χ0n) is 13.1. The molecule has 0 amide bonds. The van der Waals surface area contributed by atoms with E-state index in [4.69, 9.17) is 4.74 Å². The average molecular weight is 329 g/mol.